The van der Waals surface area contributed by atoms with Crippen LogP contribution in [0.5, 0.6) is 0 Å². The van der Waals surface area contributed by atoms with Crippen LogP contribution in [0.3, 0.4) is 0 Å². The first-order valence-electron chi connectivity index (χ1n) is 14.8. The molecule has 0 aromatic carbocycles. The van der Waals surface area contributed by atoms with Gasteiger partial charge in [0, 0.05) is 31.4 Å². The number of carbonyl (C=O) groups is 6. The lowest BCUT2D eigenvalue weighted by molar-refractivity contribution is -0.165. The molecule has 15 heteroatoms. The second-order valence-corrected chi connectivity index (χ2v) is 17.3. The Labute approximate surface area is 271 Å². The van der Waals surface area contributed by atoms with Gasteiger partial charge in [0.2, 0.25) is 0 Å². The summed E-state index contributed by atoms with van der Waals surface area (Å²) in [5.74, 6) is -3.68. The van der Waals surface area contributed by atoms with Crippen molar-refractivity contribution < 1.29 is 61.9 Å². The Hall–Kier alpha value is -3.98. The van der Waals surface area contributed by atoms with Crippen LogP contribution in [0.15, 0.2) is 36.5 Å². The Bertz CT molecular complexity index is 1070. The van der Waals surface area contributed by atoms with E-state index in [9.17, 15) is 28.8 Å². The summed E-state index contributed by atoms with van der Waals surface area (Å²) in [7, 11) is -1.26. The topological polar surface area (TPSA) is 179 Å². The molecule has 0 aromatic rings. The van der Waals surface area contributed by atoms with Crippen molar-refractivity contribution in [2.24, 2.45) is 0 Å². The molecular formula is C31H49NO13Si. The first-order valence-corrected chi connectivity index (χ1v) is 18.5. The fourth-order valence-corrected chi connectivity index (χ4v) is 4.26. The van der Waals surface area contributed by atoms with Crippen LogP contribution < -0.4 is 5.32 Å². The molecule has 1 unspecified atom stereocenters. The third-order valence-corrected chi connectivity index (χ3v) is 7.36. The summed E-state index contributed by atoms with van der Waals surface area (Å²) in [5.41, 5.74) is 0.456. The molecule has 0 fully saturated rings. The lowest BCUT2D eigenvalue weighted by Gasteiger charge is -2.20. The van der Waals surface area contributed by atoms with E-state index in [1.165, 1.54) is 20.8 Å². The first-order chi connectivity index (χ1) is 21.4. The van der Waals surface area contributed by atoms with E-state index in [-0.39, 0.29) is 49.5 Å². The minimum atomic E-state index is -1.26. The van der Waals surface area contributed by atoms with Gasteiger partial charge in [-0.05, 0) is 27.2 Å². The fourth-order valence-electron chi connectivity index (χ4n) is 3.06. The SMILES string of the molecule is C=C(C)C(=O)OCCNC(=O)OC(COCCC[Si](C)(C)C)COC(=O)CCC(=O)OC(COC(=O)C(=C)C)COC(=O)C(=C)C. The second kappa shape index (κ2) is 22.5. The summed E-state index contributed by atoms with van der Waals surface area (Å²) in [4.78, 5) is 72.0. The van der Waals surface area contributed by atoms with E-state index in [0.717, 1.165) is 12.5 Å². The molecule has 0 saturated heterocycles. The predicted octanol–water partition coefficient (Wildman–Crippen LogP) is 3.42. The number of nitrogens with one attached hydrogen (secondary N) is 1. The summed E-state index contributed by atoms with van der Waals surface area (Å²) in [5, 5.41) is 2.43. The standard InChI is InChI=1S/C31H49NO13Si/c1-21(2)28(35)40-15-13-32-31(38)45-24(17-39-14-10-16-46(7,8)9)18-41-26(33)11-12-27(34)44-25(19-42-29(36)22(3)4)20-43-30(37)23(5)6/h24-25H,1,3,5,10-20H2,2,4,6-9H3,(H,32,38). The summed E-state index contributed by atoms with van der Waals surface area (Å²) >= 11 is 0. The minimum Gasteiger partial charge on any atom is -0.462 e. The number of amides is 1. The number of esters is 5. The van der Waals surface area contributed by atoms with Crippen LogP contribution >= 0.6 is 0 Å². The molecule has 0 aliphatic rings. The van der Waals surface area contributed by atoms with Crippen LogP contribution in [-0.2, 0) is 57.1 Å². The summed E-state index contributed by atoms with van der Waals surface area (Å²) < 4.78 is 36.3. The van der Waals surface area contributed by atoms with E-state index < -0.39 is 75.9 Å². The molecule has 0 spiro atoms. The van der Waals surface area contributed by atoms with Crippen molar-refractivity contribution in [3.63, 3.8) is 0 Å². The van der Waals surface area contributed by atoms with Gasteiger partial charge in [-0.1, -0.05) is 45.4 Å². The van der Waals surface area contributed by atoms with Crippen LogP contribution in [-0.4, -0.2) is 102 Å². The third-order valence-electron chi connectivity index (χ3n) is 5.51. The fraction of sp³-hybridized carbons (Fsp3) is 0.613. The van der Waals surface area contributed by atoms with Gasteiger partial charge in [-0.15, -0.1) is 0 Å². The number of ether oxygens (including phenoxy) is 7. The highest BCUT2D eigenvalue weighted by molar-refractivity contribution is 6.76. The van der Waals surface area contributed by atoms with Crippen LogP contribution in [0.4, 0.5) is 4.79 Å². The Kier molecular flexibility index (Phi) is 20.6. The molecule has 0 aliphatic carbocycles. The minimum absolute atomic E-state index is 0.0245. The Morgan fingerprint density at radius 3 is 1.63 bits per heavy atom. The van der Waals surface area contributed by atoms with Crippen molar-refractivity contribution in [1.29, 1.82) is 0 Å². The van der Waals surface area contributed by atoms with E-state index in [1.54, 1.807) is 0 Å². The monoisotopic (exact) mass is 671 g/mol. The number of rotatable bonds is 23. The molecular weight excluding hydrogens is 622 g/mol. The van der Waals surface area contributed by atoms with E-state index in [0.29, 0.717) is 6.61 Å². The summed E-state index contributed by atoms with van der Waals surface area (Å²) in [6.45, 7) is 20.5. The summed E-state index contributed by atoms with van der Waals surface area (Å²) in [6.07, 6.45) is -2.91. The van der Waals surface area contributed by atoms with Gasteiger partial charge >= 0.3 is 35.9 Å². The van der Waals surface area contributed by atoms with Crippen molar-refractivity contribution in [3.05, 3.63) is 36.5 Å². The highest BCUT2D eigenvalue weighted by atomic mass is 28.3. The molecule has 0 saturated carbocycles. The number of hydrogen-bond donors (Lipinski definition) is 1. The zero-order chi connectivity index (χ0) is 35.3. The molecule has 1 atom stereocenters. The van der Waals surface area contributed by atoms with E-state index in [1.807, 2.05) is 0 Å². The van der Waals surface area contributed by atoms with Gasteiger partial charge in [-0.2, -0.15) is 0 Å². The van der Waals surface area contributed by atoms with Gasteiger partial charge in [-0.25, -0.2) is 19.2 Å². The molecule has 0 aromatic heterocycles. The van der Waals surface area contributed by atoms with Gasteiger partial charge in [0.1, 0.15) is 26.4 Å². The zero-order valence-electron chi connectivity index (χ0n) is 27.9. The molecule has 1 amide bonds. The number of hydrogen-bond acceptors (Lipinski definition) is 13. The van der Waals surface area contributed by atoms with E-state index in [4.69, 9.17) is 33.2 Å². The maximum atomic E-state index is 12.4. The Morgan fingerprint density at radius 2 is 1.11 bits per heavy atom. The largest absolute Gasteiger partial charge is 0.462 e. The first kappa shape index (κ1) is 42.0. The van der Waals surface area contributed by atoms with E-state index >= 15 is 0 Å². The average Bonchev–Trinajstić information content (AvgIpc) is 2.96. The molecule has 14 nitrogen and oxygen atoms in total. The highest BCUT2D eigenvalue weighted by Gasteiger charge is 2.22. The maximum absolute atomic E-state index is 12.4. The molecule has 0 radical (unpaired) electrons. The van der Waals surface area contributed by atoms with Crippen LogP contribution in [0.2, 0.25) is 25.7 Å². The molecule has 1 N–H and O–H groups in total. The van der Waals surface area contributed by atoms with Crippen molar-refractivity contribution in [3.8, 4) is 0 Å². The van der Waals surface area contributed by atoms with Gasteiger partial charge in [0.25, 0.3) is 0 Å². The lowest BCUT2D eigenvalue weighted by Crippen LogP contribution is -2.36. The predicted molar refractivity (Wildman–Crippen MR) is 169 cm³/mol. The lowest BCUT2D eigenvalue weighted by atomic mass is 10.3. The Morgan fingerprint density at radius 1 is 0.630 bits per heavy atom. The van der Waals surface area contributed by atoms with Gasteiger partial charge in [-0.3, -0.25) is 9.59 Å². The van der Waals surface area contributed by atoms with Crippen molar-refractivity contribution in [2.75, 3.05) is 46.2 Å². The molecule has 0 heterocycles. The smallest absolute Gasteiger partial charge is 0.407 e. The maximum Gasteiger partial charge on any atom is 0.407 e. The second-order valence-electron chi connectivity index (χ2n) is 11.7. The highest BCUT2D eigenvalue weighted by Crippen LogP contribution is 2.11. The van der Waals surface area contributed by atoms with E-state index in [2.05, 4.69) is 44.7 Å². The van der Waals surface area contributed by atoms with Crippen LogP contribution in [0, 0.1) is 0 Å². The molecule has 0 aliphatic heterocycles. The molecule has 0 rings (SSSR count). The van der Waals surface area contributed by atoms with Crippen molar-refractivity contribution in [2.45, 2.75) is 77.9 Å². The van der Waals surface area contributed by atoms with Crippen LogP contribution in [0.25, 0.3) is 0 Å². The molecule has 0 bridgehead atoms. The molecule has 46 heavy (non-hydrogen) atoms. The van der Waals surface area contributed by atoms with Gasteiger partial charge in [0.15, 0.2) is 12.2 Å². The van der Waals surface area contributed by atoms with Crippen LogP contribution in [0.1, 0.15) is 40.0 Å². The zero-order valence-corrected chi connectivity index (χ0v) is 28.9. The quantitative estimate of drug-likeness (QED) is 0.0550. The van der Waals surface area contributed by atoms with Crippen molar-refractivity contribution in [1.82, 2.24) is 5.32 Å². The Balaban J connectivity index is 4.96. The third kappa shape index (κ3) is 22.5. The molecule has 260 valence electrons. The normalized spacial score (nSPS) is 11.5. The van der Waals surface area contributed by atoms with Gasteiger partial charge < -0.3 is 38.5 Å². The summed E-state index contributed by atoms with van der Waals surface area (Å²) in [6, 6.07) is 1.04. The van der Waals surface area contributed by atoms with Gasteiger partial charge in [0.05, 0.1) is 26.0 Å². The number of carbonyl (C=O) groups excluding carboxylic acids is 6. The average molecular weight is 672 g/mol. The van der Waals surface area contributed by atoms with Crippen molar-refractivity contribution >= 4 is 44.0 Å². The number of alkyl carbamates (subject to hydrolysis) is 1.